The highest BCUT2D eigenvalue weighted by Crippen LogP contribution is 2.55. The lowest BCUT2D eigenvalue weighted by Gasteiger charge is -2.57. The van der Waals surface area contributed by atoms with Gasteiger partial charge in [-0.25, -0.2) is 0 Å². The topological polar surface area (TPSA) is 24.1 Å². The second-order valence-corrected chi connectivity index (χ2v) is 8.96. The molecule has 0 aliphatic heterocycles. The Labute approximate surface area is 146 Å². The molecule has 0 atom stereocenters. The van der Waals surface area contributed by atoms with E-state index in [0.717, 1.165) is 33.9 Å². The van der Waals surface area contributed by atoms with E-state index in [1.165, 1.54) is 44.1 Å². The molecular weight excluding hydrogens is 356 g/mol. The predicted molar refractivity (Wildman–Crippen MR) is 97.6 cm³/mol. The summed E-state index contributed by atoms with van der Waals surface area (Å²) < 4.78 is 1.12. The average Bonchev–Trinajstić information content (AvgIpc) is 2.43. The number of hydrogen-bond donors (Lipinski definition) is 2. The lowest BCUT2D eigenvalue weighted by Crippen LogP contribution is -2.61. The first-order valence-electron chi connectivity index (χ1n) is 8.41. The van der Waals surface area contributed by atoms with Crippen molar-refractivity contribution in [1.82, 2.24) is 10.6 Å². The van der Waals surface area contributed by atoms with Crippen LogP contribution in [0.5, 0.6) is 0 Å². The Balaban J connectivity index is 1.36. The molecule has 1 aromatic rings. The molecular formula is C18H23BrN2S. The van der Waals surface area contributed by atoms with Crippen LogP contribution in [0.15, 0.2) is 28.7 Å². The fraction of sp³-hybridized carbons (Fsp3) is 0.611. The molecule has 0 amide bonds. The molecule has 0 radical (unpaired) electrons. The molecule has 0 unspecified atom stereocenters. The van der Waals surface area contributed by atoms with Crippen molar-refractivity contribution in [1.29, 1.82) is 0 Å². The molecule has 0 saturated heterocycles. The minimum Gasteiger partial charge on any atom is -0.359 e. The molecule has 22 heavy (non-hydrogen) atoms. The fourth-order valence-electron chi connectivity index (χ4n) is 5.38. The van der Waals surface area contributed by atoms with Gasteiger partial charge in [-0.15, -0.1) is 0 Å². The Morgan fingerprint density at radius 1 is 1.14 bits per heavy atom. The van der Waals surface area contributed by atoms with Gasteiger partial charge in [-0.05, 0) is 86.2 Å². The third-order valence-corrected chi connectivity index (χ3v) is 6.50. The molecule has 1 aromatic carbocycles. The second-order valence-electron chi connectivity index (χ2n) is 7.64. The van der Waals surface area contributed by atoms with Gasteiger partial charge in [0, 0.05) is 16.6 Å². The van der Waals surface area contributed by atoms with Crippen LogP contribution in [0.4, 0.5) is 0 Å². The lowest BCUT2D eigenvalue weighted by atomic mass is 9.53. The standard InChI is InChI=1S/C18H23BrN2S/c19-16-3-1-2-12(7-16)11-20-17(22)21-18-8-13-4-14(9-18)6-15(5-13)10-18/h1-3,7,13-15H,4-6,8-11H2,(H2,20,21,22). The smallest absolute Gasteiger partial charge is 0.166 e. The number of thiocarbonyl (C=S) groups is 1. The summed E-state index contributed by atoms with van der Waals surface area (Å²) in [6.07, 6.45) is 8.41. The number of benzene rings is 1. The monoisotopic (exact) mass is 378 g/mol. The van der Waals surface area contributed by atoms with E-state index in [1.54, 1.807) is 0 Å². The minimum atomic E-state index is 0.302. The van der Waals surface area contributed by atoms with Crippen LogP contribution >= 0.6 is 28.1 Å². The SMILES string of the molecule is S=C(NCc1cccc(Br)c1)NC12CC3CC(CC(C3)C1)C2. The first-order valence-corrected chi connectivity index (χ1v) is 9.61. The molecule has 4 bridgehead atoms. The molecule has 2 N–H and O–H groups in total. The number of hydrogen-bond acceptors (Lipinski definition) is 1. The number of nitrogens with one attached hydrogen (secondary N) is 2. The summed E-state index contributed by atoms with van der Waals surface area (Å²) >= 11 is 9.11. The Kier molecular flexibility index (Phi) is 3.93. The van der Waals surface area contributed by atoms with Crippen molar-refractivity contribution >= 4 is 33.3 Å². The van der Waals surface area contributed by atoms with Gasteiger partial charge in [-0.2, -0.15) is 0 Å². The zero-order valence-electron chi connectivity index (χ0n) is 12.8. The van der Waals surface area contributed by atoms with Crippen molar-refractivity contribution < 1.29 is 0 Å². The van der Waals surface area contributed by atoms with Crippen molar-refractivity contribution in [3.63, 3.8) is 0 Å². The van der Waals surface area contributed by atoms with Crippen LogP contribution in [-0.2, 0) is 6.54 Å². The zero-order chi connectivity index (χ0) is 15.2. The molecule has 0 aromatic heterocycles. The van der Waals surface area contributed by atoms with Gasteiger partial charge in [-0.1, -0.05) is 28.1 Å². The molecule has 0 heterocycles. The van der Waals surface area contributed by atoms with Crippen molar-refractivity contribution in [3.8, 4) is 0 Å². The van der Waals surface area contributed by atoms with Gasteiger partial charge in [0.1, 0.15) is 0 Å². The maximum absolute atomic E-state index is 5.59. The summed E-state index contributed by atoms with van der Waals surface area (Å²) in [7, 11) is 0. The largest absolute Gasteiger partial charge is 0.359 e. The molecule has 4 saturated carbocycles. The summed E-state index contributed by atoms with van der Waals surface area (Å²) in [4.78, 5) is 0. The minimum absolute atomic E-state index is 0.302. The Bertz CT molecular complexity index is 551. The first-order chi connectivity index (χ1) is 10.6. The van der Waals surface area contributed by atoms with E-state index in [4.69, 9.17) is 12.2 Å². The maximum Gasteiger partial charge on any atom is 0.166 e. The Morgan fingerprint density at radius 2 is 1.77 bits per heavy atom. The van der Waals surface area contributed by atoms with E-state index in [9.17, 15) is 0 Å². The normalized spacial score (nSPS) is 35.4. The predicted octanol–water partition coefficient (Wildman–Crippen LogP) is 4.38. The van der Waals surface area contributed by atoms with Crippen LogP contribution < -0.4 is 10.6 Å². The summed E-state index contributed by atoms with van der Waals surface area (Å²) in [5, 5.41) is 7.95. The van der Waals surface area contributed by atoms with E-state index in [0.29, 0.717) is 5.54 Å². The van der Waals surface area contributed by atoms with Crippen LogP contribution in [0.2, 0.25) is 0 Å². The van der Waals surface area contributed by atoms with Crippen molar-refractivity contribution in [2.24, 2.45) is 17.8 Å². The van der Waals surface area contributed by atoms with Crippen molar-refractivity contribution in [2.75, 3.05) is 0 Å². The van der Waals surface area contributed by atoms with Gasteiger partial charge >= 0.3 is 0 Å². The number of rotatable bonds is 3. The molecule has 5 rings (SSSR count). The molecule has 4 aliphatic rings. The first kappa shape index (κ1) is 14.9. The molecule has 4 fully saturated rings. The van der Waals surface area contributed by atoms with Gasteiger partial charge < -0.3 is 10.6 Å². The maximum atomic E-state index is 5.59. The lowest BCUT2D eigenvalue weighted by molar-refractivity contribution is -0.0101. The van der Waals surface area contributed by atoms with Gasteiger partial charge in [0.2, 0.25) is 0 Å². The van der Waals surface area contributed by atoms with Gasteiger partial charge in [0.25, 0.3) is 0 Å². The zero-order valence-corrected chi connectivity index (χ0v) is 15.2. The average molecular weight is 379 g/mol. The van der Waals surface area contributed by atoms with E-state index in [2.05, 4.69) is 50.8 Å². The summed E-state index contributed by atoms with van der Waals surface area (Å²) in [6, 6.07) is 8.39. The molecule has 4 aliphatic carbocycles. The molecule has 2 nitrogen and oxygen atoms in total. The Morgan fingerprint density at radius 3 is 2.36 bits per heavy atom. The van der Waals surface area contributed by atoms with Crippen LogP contribution in [-0.4, -0.2) is 10.7 Å². The van der Waals surface area contributed by atoms with E-state index < -0.39 is 0 Å². The Hall–Kier alpha value is -0.610. The highest BCUT2D eigenvalue weighted by atomic mass is 79.9. The van der Waals surface area contributed by atoms with Crippen molar-refractivity contribution in [3.05, 3.63) is 34.3 Å². The van der Waals surface area contributed by atoms with E-state index in [1.807, 2.05) is 0 Å². The summed E-state index contributed by atoms with van der Waals surface area (Å²) in [6.45, 7) is 0.789. The third-order valence-electron chi connectivity index (χ3n) is 5.76. The van der Waals surface area contributed by atoms with Gasteiger partial charge in [0.15, 0.2) is 5.11 Å². The fourth-order valence-corrected chi connectivity index (χ4v) is 6.11. The quantitative estimate of drug-likeness (QED) is 0.762. The van der Waals surface area contributed by atoms with Gasteiger partial charge in [-0.3, -0.25) is 0 Å². The third kappa shape index (κ3) is 3.05. The van der Waals surface area contributed by atoms with Gasteiger partial charge in [0.05, 0.1) is 0 Å². The summed E-state index contributed by atoms with van der Waals surface area (Å²) in [5.41, 5.74) is 1.56. The van der Waals surface area contributed by atoms with Crippen LogP contribution in [0.25, 0.3) is 0 Å². The highest BCUT2D eigenvalue weighted by molar-refractivity contribution is 9.10. The van der Waals surface area contributed by atoms with E-state index >= 15 is 0 Å². The van der Waals surface area contributed by atoms with Crippen molar-refractivity contribution in [2.45, 2.75) is 50.6 Å². The van der Waals surface area contributed by atoms with E-state index in [-0.39, 0.29) is 0 Å². The number of halogens is 1. The van der Waals surface area contributed by atoms with Crippen LogP contribution in [0.1, 0.15) is 44.1 Å². The summed E-state index contributed by atoms with van der Waals surface area (Å²) in [5.74, 6) is 2.85. The van der Waals surface area contributed by atoms with Crippen LogP contribution in [0.3, 0.4) is 0 Å². The second kappa shape index (κ2) is 5.79. The molecule has 0 spiro atoms. The highest BCUT2D eigenvalue weighted by Gasteiger charge is 2.51. The molecule has 4 heteroatoms. The van der Waals surface area contributed by atoms with Crippen LogP contribution in [0, 0.1) is 17.8 Å². The molecule has 118 valence electrons.